The molecule has 5 heteroatoms. The quantitative estimate of drug-likeness (QED) is 0.870. The summed E-state index contributed by atoms with van der Waals surface area (Å²) in [5.41, 5.74) is 3.27. The van der Waals surface area contributed by atoms with Crippen molar-refractivity contribution < 1.29 is 8.91 Å². The summed E-state index contributed by atoms with van der Waals surface area (Å²) in [6.45, 7) is 8.72. The van der Waals surface area contributed by atoms with Crippen LogP contribution in [0.4, 0.5) is 10.1 Å². The van der Waals surface area contributed by atoms with Gasteiger partial charge in [0.25, 0.3) is 0 Å². The Kier molecular flexibility index (Phi) is 3.92. The van der Waals surface area contributed by atoms with Crippen LogP contribution < -0.4 is 4.90 Å². The first-order valence-corrected chi connectivity index (χ1v) is 7.28. The second-order valence-electron chi connectivity index (χ2n) is 5.54. The smallest absolute Gasteiger partial charge is 0.138 e. The van der Waals surface area contributed by atoms with Crippen LogP contribution >= 0.6 is 0 Å². The van der Waals surface area contributed by atoms with E-state index in [-0.39, 0.29) is 5.82 Å². The molecule has 21 heavy (non-hydrogen) atoms. The molecule has 112 valence electrons. The molecule has 0 atom stereocenters. The monoisotopic (exact) mass is 289 g/mol. The molecule has 1 fully saturated rings. The molecule has 2 aromatic rings. The van der Waals surface area contributed by atoms with Crippen molar-refractivity contribution in [3.63, 3.8) is 0 Å². The highest BCUT2D eigenvalue weighted by molar-refractivity contribution is 5.46. The van der Waals surface area contributed by atoms with Crippen molar-refractivity contribution in [2.24, 2.45) is 0 Å². The van der Waals surface area contributed by atoms with Gasteiger partial charge in [-0.3, -0.25) is 4.90 Å². The molecule has 2 heterocycles. The molecule has 0 N–H and O–H groups in total. The van der Waals surface area contributed by atoms with Gasteiger partial charge in [-0.1, -0.05) is 5.16 Å². The molecule has 3 rings (SSSR count). The summed E-state index contributed by atoms with van der Waals surface area (Å²) in [5, 5.41) is 4.00. The predicted molar refractivity (Wildman–Crippen MR) is 79.9 cm³/mol. The van der Waals surface area contributed by atoms with Crippen LogP contribution in [0.15, 0.2) is 28.8 Å². The summed E-state index contributed by atoms with van der Waals surface area (Å²) in [6.07, 6.45) is 0. The van der Waals surface area contributed by atoms with Crippen molar-refractivity contribution in [2.75, 3.05) is 31.1 Å². The molecular weight excluding hydrogens is 269 g/mol. The van der Waals surface area contributed by atoms with Crippen LogP contribution in [-0.4, -0.2) is 36.2 Å². The normalized spacial score (nSPS) is 16.4. The van der Waals surface area contributed by atoms with E-state index < -0.39 is 0 Å². The van der Waals surface area contributed by atoms with Gasteiger partial charge in [-0.15, -0.1) is 0 Å². The van der Waals surface area contributed by atoms with Crippen LogP contribution in [0.25, 0.3) is 0 Å². The SMILES string of the molecule is Cc1noc(C)c1CN1CCN(c2ccc(F)cc2)CC1. The zero-order valence-electron chi connectivity index (χ0n) is 12.5. The van der Waals surface area contributed by atoms with Gasteiger partial charge >= 0.3 is 0 Å². The third-order valence-electron chi connectivity index (χ3n) is 4.13. The molecule has 1 saturated heterocycles. The number of halogens is 1. The summed E-state index contributed by atoms with van der Waals surface area (Å²) in [7, 11) is 0. The fourth-order valence-electron chi connectivity index (χ4n) is 2.77. The zero-order chi connectivity index (χ0) is 14.8. The first-order chi connectivity index (χ1) is 10.1. The van der Waals surface area contributed by atoms with Crippen LogP contribution in [0.5, 0.6) is 0 Å². The van der Waals surface area contributed by atoms with Crippen LogP contribution in [0.2, 0.25) is 0 Å². The van der Waals surface area contributed by atoms with Gasteiger partial charge in [-0.05, 0) is 38.1 Å². The Labute approximate surface area is 124 Å². The van der Waals surface area contributed by atoms with Gasteiger partial charge < -0.3 is 9.42 Å². The van der Waals surface area contributed by atoms with E-state index in [1.165, 1.54) is 17.7 Å². The number of hydrogen-bond donors (Lipinski definition) is 0. The van der Waals surface area contributed by atoms with E-state index >= 15 is 0 Å². The largest absolute Gasteiger partial charge is 0.369 e. The number of anilines is 1. The van der Waals surface area contributed by atoms with Crippen molar-refractivity contribution >= 4 is 5.69 Å². The summed E-state index contributed by atoms with van der Waals surface area (Å²) in [6, 6.07) is 6.73. The average Bonchev–Trinajstić information content (AvgIpc) is 2.81. The summed E-state index contributed by atoms with van der Waals surface area (Å²) < 4.78 is 18.2. The van der Waals surface area contributed by atoms with Crippen LogP contribution in [-0.2, 0) is 6.54 Å². The van der Waals surface area contributed by atoms with Crippen LogP contribution in [0.3, 0.4) is 0 Å². The van der Waals surface area contributed by atoms with E-state index in [1.807, 2.05) is 26.0 Å². The minimum absolute atomic E-state index is 0.184. The number of nitrogens with zero attached hydrogens (tertiary/aromatic N) is 3. The molecule has 0 saturated carbocycles. The van der Waals surface area contributed by atoms with Gasteiger partial charge in [0.05, 0.1) is 5.69 Å². The topological polar surface area (TPSA) is 32.5 Å². The lowest BCUT2D eigenvalue weighted by molar-refractivity contribution is 0.248. The average molecular weight is 289 g/mol. The number of rotatable bonds is 3. The Morgan fingerprint density at radius 3 is 2.33 bits per heavy atom. The Morgan fingerprint density at radius 2 is 1.76 bits per heavy atom. The lowest BCUT2D eigenvalue weighted by atomic mass is 10.1. The number of aryl methyl sites for hydroxylation is 2. The van der Waals surface area contributed by atoms with Gasteiger partial charge in [0, 0.05) is 44.0 Å². The van der Waals surface area contributed by atoms with Crippen molar-refractivity contribution in [2.45, 2.75) is 20.4 Å². The van der Waals surface area contributed by atoms with Crippen LogP contribution in [0, 0.1) is 19.7 Å². The van der Waals surface area contributed by atoms with Gasteiger partial charge in [-0.25, -0.2) is 4.39 Å². The third-order valence-corrected chi connectivity index (χ3v) is 4.13. The highest BCUT2D eigenvalue weighted by Gasteiger charge is 2.20. The molecular formula is C16H20FN3O. The lowest BCUT2D eigenvalue weighted by Crippen LogP contribution is -2.46. The lowest BCUT2D eigenvalue weighted by Gasteiger charge is -2.36. The highest BCUT2D eigenvalue weighted by atomic mass is 19.1. The molecule has 0 bridgehead atoms. The predicted octanol–water partition coefficient (Wildman–Crippen LogP) is 2.75. The number of benzene rings is 1. The Hall–Kier alpha value is -1.88. The zero-order valence-corrected chi connectivity index (χ0v) is 12.5. The maximum Gasteiger partial charge on any atom is 0.138 e. The van der Waals surface area contributed by atoms with Crippen LogP contribution in [0.1, 0.15) is 17.0 Å². The second-order valence-corrected chi connectivity index (χ2v) is 5.54. The summed E-state index contributed by atoms with van der Waals surface area (Å²) >= 11 is 0. The van der Waals surface area contributed by atoms with Crippen molar-refractivity contribution in [3.8, 4) is 0 Å². The van der Waals surface area contributed by atoms with Gasteiger partial charge in [0.15, 0.2) is 0 Å². The van der Waals surface area contributed by atoms with E-state index in [1.54, 1.807) is 0 Å². The molecule has 1 aliphatic rings. The van der Waals surface area contributed by atoms with E-state index in [0.717, 1.165) is 49.9 Å². The van der Waals surface area contributed by atoms with Crippen molar-refractivity contribution in [3.05, 3.63) is 47.1 Å². The number of aromatic nitrogens is 1. The fourth-order valence-corrected chi connectivity index (χ4v) is 2.77. The van der Waals surface area contributed by atoms with E-state index in [0.29, 0.717) is 0 Å². The molecule has 0 spiro atoms. The molecule has 4 nitrogen and oxygen atoms in total. The Morgan fingerprint density at radius 1 is 1.10 bits per heavy atom. The van der Waals surface area contributed by atoms with Crippen molar-refractivity contribution in [1.29, 1.82) is 0 Å². The first kappa shape index (κ1) is 14.1. The van der Waals surface area contributed by atoms with E-state index in [9.17, 15) is 4.39 Å². The standard InChI is InChI=1S/C16H20FN3O/c1-12-16(13(2)21-18-12)11-19-7-9-20(10-8-19)15-5-3-14(17)4-6-15/h3-6H,7-11H2,1-2H3. The number of piperazine rings is 1. The van der Waals surface area contributed by atoms with Crippen molar-refractivity contribution in [1.82, 2.24) is 10.1 Å². The molecule has 0 amide bonds. The molecule has 1 aromatic carbocycles. The molecule has 0 radical (unpaired) electrons. The number of hydrogen-bond acceptors (Lipinski definition) is 4. The van der Waals surface area contributed by atoms with E-state index in [4.69, 9.17) is 4.52 Å². The van der Waals surface area contributed by atoms with E-state index in [2.05, 4.69) is 15.0 Å². The minimum Gasteiger partial charge on any atom is -0.369 e. The van der Waals surface area contributed by atoms with Gasteiger partial charge in [0.1, 0.15) is 11.6 Å². The molecule has 0 unspecified atom stereocenters. The third kappa shape index (κ3) is 3.08. The molecule has 1 aromatic heterocycles. The molecule has 1 aliphatic heterocycles. The second kappa shape index (κ2) is 5.85. The highest BCUT2D eigenvalue weighted by Crippen LogP contribution is 2.19. The van der Waals surface area contributed by atoms with Gasteiger partial charge in [0.2, 0.25) is 0 Å². The van der Waals surface area contributed by atoms with Gasteiger partial charge in [-0.2, -0.15) is 0 Å². The fraction of sp³-hybridized carbons (Fsp3) is 0.438. The Bertz CT molecular complexity index is 581. The maximum atomic E-state index is 13.0. The maximum absolute atomic E-state index is 13.0. The summed E-state index contributed by atoms with van der Waals surface area (Å²) in [5.74, 6) is 0.726. The minimum atomic E-state index is -0.184. The molecule has 0 aliphatic carbocycles. The first-order valence-electron chi connectivity index (χ1n) is 7.28. The summed E-state index contributed by atoms with van der Waals surface area (Å²) in [4.78, 5) is 4.70. The Balaban J connectivity index is 1.59.